The number of nitriles is 1. The Kier molecular flexibility index (Phi) is 4.09. The van der Waals surface area contributed by atoms with Crippen LogP contribution in [-0.4, -0.2) is 38.0 Å². The minimum Gasteiger partial charge on any atom is -0.373 e. The van der Waals surface area contributed by atoms with E-state index in [4.69, 9.17) is 10.00 Å². The molecule has 1 heterocycles. The molecule has 0 N–H and O–H groups in total. The largest absolute Gasteiger partial charge is 0.373 e. The molecule has 5 nitrogen and oxygen atoms in total. The monoisotopic (exact) mass is 298 g/mol. The van der Waals surface area contributed by atoms with Crippen molar-refractivity contribution < 1.29 is 17.5 Å². The van der Waals surface area contributed by atoms with E-state index in [1.165, 1.54) is 10.4 Å². The average Bonchev–Trinajstić information content (AvgIpc) is 2.37. The number of morpholine rings is 1. The molecule has 20 heavy (non-hydrogen) atoms. The zero-order valence-corrected chi connectivity index (χ0v) is 12.0. The summed E-state index contributed by atoms with van der Waals surface area (Å²) in [4.78, 5) is -0.0725. The molecule has 1 fully saturated rings. The van der Waals surface area contributed by atoms with E-state index in [-0.39, 0.29) is 35.8 Å². The van der Waals surface area contributed by atoms with E-state index in [0.717, 1.165) is 12.1 Å². The Balaban J connectivity index is 2.38. The Morgan fingerprint density at radius 2 is 1.95 bits per heavy atom. The van der Waals surface area contributed by atoms with Crippen LogP contribution >= 0.6 is 0 Å². The van der Waals surface area contributed by atoms with Gasteiger partial charge in [0.05, 0.1) is 22.7 Å². The van der Waals surface area contributed by atoms with Gasteiger partial charge in [-0.2, -0.15) is 9.57 Å². The molecule has 0 bridgehead atoms. The van der Waals surface area contributed by atoms with Crippen LogP contribution < -0.4 is 0 Å². The third-order valence-corrected chi connectivity index (χ3v) is 4.91. The molecule has 1 aromatic carbocycles. The maximum atomic E-state index is 13.3. The zero-order valence-electron chi connectivity index (χ0n) is 11.2. The normalized spacial score (nSPS) is 24.3. The number of sulfonamides is 1. The first-order chi connectivity index (χ1) is 9.34. The van der Waals surface area contributed by atoms with Crippen molar-refractivity contribution in [3.63, 3.8) is 0 Å². The smallest absolute Gasteiger partial charge is 0.243 e. The Hall–Kier alpha value is -1.49. The van der Waals surface area contributed by atoms with E-state index >= 15 is 0 Å². The first kappa shape index (κ1) is 14.9. The molecule has 7 heteroatoms. The van der Waals surface area contributed by atoms with E-state index < -0.39 is 15.8 Å². The summed E-state index contributed by atoms with van der Waals surface area (Å²) in [7, 11) is -3.74. The number of halogens is 1. The van der Waals surface area contributed by atoms with E-state index in [1.807, 2.05) is 0 Å². The summed E-state index contributed by atoms with van der Waals surface area (Å²) in [5, 5.41) is 8.78. The Bertz CT molecular complexity index is 644. The fourth-order valence-electron chi connectivity index (χ4n) is 2.23. The number of hydrogen-bond donors (Lipinski definition) is 0. The summed E-state index contributed by atoms with van der Waals surface area (Å²) in [6.07, 6.45) is -0.408. The van der Waals surface area contributed by atoms with Crippen molar-refractivity contribution in [2.24, 2.45) is 0 Å². The molecular weight excluding hydrogens is 283 g/mol. The highest BCUT2D eigenvalue weighted by Crippen LogP contribution is 2.22. The van der Waals surface area contributed by atoms with Crippen LogP contribution in [0.4, 0.5) is 4.39 Å². The lowest BCUT2D eigenvalue weighted by molar-refractivity contribution is -0.0440. The number of rotatable bonds is 2. The summed E-state index contributed by atoms with van der Waals surface area (Å²) in [6, 6.07) is 4.89. The van der Waals surface area contributed by atoms with Gasteiger partial charge < -0.3 is 4.74 Å². The van der Waals surface area contributed by atoms with E-state index in [1.54, 1.807) is 19.9 Å². The summed E-state index contributed by atoms with van der Waals surface area (Å²) in [5.41, 5.74) is -0.277. The number of hydrogen-bond acceptors (Lipinski definition) is 4. The van der Waals surface area contributed by atoms with Crippen LogP contribution in [0.15, 0.2) is 23.1 Å². The van der Waals surface area contributed by atoms with Gasteiger partial charge in [-0.3, -0.25) is 0 Å². The first-order valence-electron chi connectivity index (χ1n) is 6.20. The second-order valence-electron chi connectivity index (χ2n) is 4.83. The lowest BCUT2D eigenvalue weighted by atomic mass is 10.2. The van der Waals surface area contributed by atoms with Crippen LogP contribution in [0.2, 0.25) is 0 Å². The van der Waals surface area contributed by atoms with E-state index in [9.17, 15) is 12.8 Å². The Labute approximate surface area is 117 Å². The number of nitrogens with zero attached hydrogens (tertiary/aromatic N) is 2. The number of benzene rings is 1. The molecule has 1 aliphatic heterocycles. The quantitative estimate of drug-likeness (QED) is 0.829. The second kappa shape index (κ2) is 5.48. The summed E-state index contributed by atoms with van der Waals surface area (Å²) >= 11 is 0. The van der Waals surface area contributed by atoms with Crippen molar-refractivity contribution in [1.29, 1.82) is 5.26 Å². The van der Waals surface area contributed by atoms with Crippen molar-refractivity contribution in [1.82, 2.24) is 4.31 Å². The molecule has 0 saturated carbocycles. The van der Waals surface area contributed by atoms with Gasteiger partial charge >= 0.3 is 0 Å². The summed E-state index contributed by atoms with van der Waals surface area (Å²) < 4.78 is 45.1. The van der Waals surface area contributed by atoms with Gasteiger partial charge in [-0.25, -0.2) is 12.8 Å². The first-order valence-corrected chi connectivity index (χ1v) is 7.64. The molecule has 108 valence electrons. The highest BCUT2D eigenvalue weighted by molar-refractivity contribution is 7.89. The molecule has 1 aliphatic rings. The molecule has 2 rings (SSSR count). The predicted molar refractivity (Wildman–Crippen MR) is 69.9 cm³/mol. The Morgan fingerprint density at radius 3 is 2.50 bits per heavy atom. The van der Waals surface area contributed by atoms with Gasteiger partial charge in [-0.15, -0.1) is 0 Å². The summed E-state index contributed by atoms with van der Waals surface area (Å²) in [6.45, 7) is 4.07. The molecule has 0 aromatic heterocycles. The van der Waals surface area contributed by atoms with Gasteiger partial charge in [-0.05, 0) is 32.0 Å². The molecule has 0 amide bonds. The van der Waals surface area contributed by atoms with Gasteiger partial charge in [0.1, 0.15) is 11.9 Å². The van der Waals surface area contributed by atoms with Crippen LogP contribution in [-0.2, 0) is 14.8 Å². The lowest BCUT2D eigenvalue weighted by Gasteiger charge is -2.34. The van der Waals surface area contributed by atoms with Crippen LogP contribution in [0.25, 0.3) is 0 Å². The summed E-state index contributed by atoms with van der Waals surface area (Å²) in [5.74, 6) is -0.727. The van der Waals surface area contributed by atoms with E-state index in [2.05, 4.69) is 0 Å². The second-order valence-corrected chi connectivity index (χ2v) is 6.77. The highest BCUT2D eigenvalue weighted by atomic mass is 32.2. The van der Waals surface area contributed by atoms with Crippen molar-refractivity contribution in [2.45, 2.75) is 31.0 Å². The topological polar surface area (TPSA) is 70.4 Å². The third kappa shape index (κ3) is 2.82. The predicted octanol–water partition coefficient (Wildman–Crippen LogP) is 1.50. The van der Waals surface area contributed by atoms with Gasteiger partial charge in [-0.1, -0.05) is 0 Å². The fraction of sp³-hybridized carbons (Fsp3) is 0.462. The van der Waals surface area contributed by atoms with Crippen molar-refractivity contribution in [2.75, 3.05) is 13.1 Å². The molecular formula is C13H15FN2O3S. The van der Waals surface area contributed by atoms with Crippen LogP contribution in [0.1, 0.15) is 19.4 Å². The maximum Gasteiger partial charge on any atom is 0.243 e. The van der Waals surface area contributed by atoms with Gasteiger partial charge in [0.25, 0.3) is 0 Å². The van der Waals surface area contributed by atoms with Gasteiger partial charge in [0, 0.05) is 13.1 Å². The Morgan fingerprint density at radius 1 is 1.35 bits per heavy atom. The van der Waals surface area contributed by atoms with Gasteiger partial charge in [0.2, 0.25) is 10.0 Å². The molecule has 0 radical (unpaired) electrons. The fourth-order valence-corrected chi connectivity index (χ4v) is 3.84. The zero-order chi connectivity index (χ0) is 14.9. The van der Waals surface area contributed by atoms with E-state index in [0.29, 0.717) is 0 Å². The van der Waals surface area contributed by atoms with Crippen LogP contribution in [0.3, 0.4) is 0 Å². The molecule has 2 unspecified atom stereocenters. The lowest BCUT2D eigenvalue weighted by Crippen LogP contribution is -2.48. The average molecular weight is 298 g/mol. The van der Waals surface area contributed by atoms with Crippen LogP contribution in [0, 0.1) is 17.1 Å². The molecule has 2 atom stereocenters. The molecule has 0 spiro atoms. The number of ether oxygens (including phenoxy) is 1. The van der Waals surface area contributed by atoms with Crippen molar-refractivity contribution in [3.8, 4) is 6.07 Å². The molecule has 1 saturated heterocycles. The SMILES string of the molecule is CC1CN(S(=O)(=O)c2ccc(F)c(C#N)c2)CC(C)O1. The molecule has 1 aromatic rings. The standard InChI is InChI=1S/C13H15FN2O3S/c1-9-7-16(8-10(2)19-9)20(17,18)12-3-4-13(14)11(5-12)6-15/h3-5,9-10H,7-8H2,1-2H3. The minimum absolute atomic E-state index is 0.0725. The highest BCUT2D eigenvalue weighted by Gasteiger charge is 2.32. The van der Waals surface area contributed by atoms with Gasteiger partial charge in [0.15, 0.2) is 0 Å². The van der Waals surface area contributed by atoms with Crippen LogP contribution in [0.5, 0.6) is 0 Å². The maximum absolute atomic E-state index is 13.3. The van der Waals surface area contributed by atoms with Crippen molar-refractivity contribution in [3.05, 3.63) is 29.6 Å². The van der Waals surface area contributed by atoms with Crippen molar-refractivity contribution >= 4 is 10.0 Å². The third-order valence-electron chi connectivity index (χ3n) is 3.08. The molecule has 0 aliphatic carbocycles. The minimum atomic E-state index is -3.74.